The molecule has 5 nitrogen and oxygen atoms in total. The maximum absolute atomic E-state index is 12.6. The van der Waals surface area contributed by atoms with Crippen LogP contribution in [0.3, 0.4) is 0 Å². The fraction of sp³-hybridized carbons (Fsp3) is 0.130. The maximum Gasteiger partial charge on any atom is 0.262 e. The third-order valence-corrected chi connectivity index (χ3v) is 5.10. The molecule has 0 aliphatic heterocycles. The summed E-state index contributed by atoms with van der Waals surface area (Å²) < 4.78 is 6.18. The molecule has 0 bridgehead atoms. The predicted molar refractivity (Wildman–Crippen MR) is 122 cm³/mol. The number of ether oxygens (including phenoxy) is 1. The van der Waals surface area contributed by atoms with Gasteiger partial charge in [-0.1, -0.05) is 54.1 Å². The zero-order chi connectivity index (χ0) is 21.3. The van der Waals surface area contributed by atoms with Gasteiger partial charge in [0.1, 0.15) is 5.75 Å². The van der Waals surface area contributed by atoms with E-state index in [1.165, 1.54) is 0 Å². The van der Waals surface area contributed by atoms with Crippen molar-refractivity contribution in [1.82, 2.24) is 5.32 Å². The second-order valence-electron chi connectivity index (χ2n) is 6.45. The van der Waals surface area contributed by atoms with Crippen LogP contribution in [0.5, 0.6) is 5.75 Å². The van der Waals surface area contributed by atoms with Gasteiger partial charge < -0.3 is 15.4 Å². The Morgan fingerprint density at radius 1 is 0.967 bits per heavy atom. The van der Waals surface area contributed by atoms with E-state index in [1.54, 1.807) is 42.5 Å². The number of carbonyl (C=O) groups is 2. The number of amides is 2. The van der Waals surface area contributed by atoms with Crippen molar-refractivity contribution in [3.05, 3.63) is 93.4 Å². The van der Waals surface area contributed by atoms with E-state index in [4.69, 9.17) is 16.3 Å². The van der Waals surface area contributed by atoms with Crippen LogP contribution in [-0.2, 0) is 11.2 Å². The number of benzene rings is 3. The van der Waals surface area contributed by atoms with E-state index in [0.29, 0.717) is 33.0 Å². The van der Waals surface area contributed by atoms with Crippen LogP contribution in [0.4, 0.5) is 5.69 Å². The van der Waals surface area contributed by atoms with Crippen LogP contribution < -0.4 is 15.4 Å². The predicted octanol–water partition coefficient (Wildman–Crippen LogP) is 5.09. The monoisotopic (exact) mass is 486 g/mol. The van der Waals surface area contributed by atoms with Gasteiger partial charge in [-0.05, 0) is 58.2 Å². The van der Waals surface area contributed by atoms with Crippen LogP contribution >= 0.6 is 27.5 Å². The van der Waals surface area contributed by atoms with Gasteiger partial charge in [0, 0.05) is 11.6 Å². The lowest BCUT2D eigenvalue weighted by molar-refractivity contribution is -0.118. The average Bonchev–Trinajstić information content (AvgIpc) is 2.74. The number of halogens is 2. The van der Waals surface area contributed by atoms with E-state index in [1.807, 2.05) is 30.3 Å². The molecule has 2 N–H and O–H groups in total. The minimum atomic E-state index is -0.374. The van der Waals surface area contributed by atoms with E-state index < -0.39 is 0 Å². The highest BCUT2D eigenvalue weighted by molar-refractivity contribution is 9.10. The number of hydrogen-bond acceptors (Lipinski definition) is 3. The van der Waals surface area contributed by atoms with Crippen molar-refractivity contribution in [3.8, 4) is 5.75 Å². The zero-order valence-corrected chi connectivity index (χ0v) is 18.4. The molecule has 0 saturated heterocycles. The van der Waals surface area contributed by atoms with Crippen molar-refractivity contribution in [2.75, 3.05) is 18.5 Å². The van der Waals surface area contributed by atoms with Crippen LogP contribution in [0, 0.1) is 0 Å². The molecule has 154 valence electrons. The van der Waals surface area contributed by atoms with Crippen LogP contribution in [0.15, 0.2) is 77.3 Å². The standard InChI is InChI=1S/C23H20BrClN2O3/c24-19-14-17(25)10-11-21(19)30-15-22(28)27-20-9-5-4-8-18(20)23(29)26-13-12-16-6-2-1-3-7-16/h1-11,14H,12-13,15H2,(H,26,29)(H,27,28). The first kappa shape index (κ1) is 21.9. The lowest BCUT2D eigenvalue weighted by atomic mass is 10.1. The number of rotatable bonds is 8. The number of hydrogen-bond donors (Lipinski definition) is 2. The molecule has 0 aromatic heterocycles. The fourth-order valence-electron chi connectivity index (χ4n) is 2.77. The first-order valence-electron chi connectivity index (χ1n) is 9.32. The number of carbonyl (C=O) groups excluding carboxylic acids is 2. The molecule has 0 fully saturated rings. The van der Waals surface area contributed by atoms with Crippen molar-refractivity contribution < 1.29 is 14.3 Å². The van der Waals surface area contributed by atoms with E-state index in [9.17, 15) is 9.59 Å². The molecule has 2 amide bonds. The average molecular weight is 488 g/mol. The Morgan fingerprint density at radius 3 is 2.47 bits per heavy atom. The highest BCUT2D eigenvalue weighted by Crippen LogP contribution is 2.28. The molecule has 0 spiro atoms. The molecule has 0 aliphatic carbocycles. The molecule has 0 unspecified atom stereocenters. The SMILES string of the molecule is O=C(COc1ccc(Cl)cc1Br)Nc1ccccc1C(=O)NCCc1ccccc1. The lowest BCUT2D eigenvalue weighted by Crippen LogP contribution is -2.28. The molecule has 0 radical (unpaired) electrons. The lowest BCUT2D eigenvalue weighted by Gasteiger charge is -2.12. The van der Waals surface area contributed by atoms with Crippen LogP contribution in [-0.4, -0.2) is 25.0 Å². The molecule has 0 saturated carbocycles. The van der Waals surface area contributed by atoms with Gasteiger partial charge >= 0.3 is 0 Å². The van der Waals surface area contributed by atoms with E-state index in [-0.39, 0.29) is 18.4 Å². The van der Waals surface area contributed by atoms with Crippen LogP contribution in [0.2, 0.25) is 5.02 Å². The summed E-state index contributed by atoms with van der Waals surface area (Å²) >= 11 is 9.24. The summed E-state index contributed by atoms with van der Waals surface area (Å²) in [5, 5.41) is 6.19. The molecule has 0 atom stereocenters. The van der Waals surface area contributed by atoms with Gasteiger partial charge in [0.2, 0.25) is 0 Å². The minimum Gasteiger partial charge on any atom is -0.483 e. The molecule has 3 aromatic rings. The van der Waals surface area contributed by atoms with Crippen molar-refractivity contribution in [2.45, 2.75) is 6.42 Å². The molecular weight excluding hydrogens is 468 g/mol. The Hall–Kier alpha value is -2.83. The largest absolute Gasteiger partial charge is 0.483 e. The molecule has 0 heterocycles. The van der Waals surface area contributed by atoms with Gasteiger partial charge in [-0.2, -0.15) is 0 Å². The molecule has 3 rings (SSSR count). The fourth-order valence-corrected chi connectivity index (χ4v) is 3.57. The molecule has 0 aliphatic rings. The summed E-state index contributed by atoms with van der Waals surface area (Å²) in [6.07, 6.45) is 0.727. The molecule has 30 heavy (non-hydrogen) atoms. The van der Waals surface area contributed by atoms with Crippen molar-refractivity contribution in [1.29, 1.82) is 0 Å². The van der Waals surface area contributed by atoms with E-state index >= 15 is 0 Å². The van der Waals surface area contributed by atoms with Crippen LogP contribution in [0.25, 0.3) is 0 Å². The number of anilines is 1. The van der Waals surface area contributed by atoms with Gasteiger partial charge in [-0.3, -0.25) is 9.59 Å². The van der Waals surface area contributed by atoms with Crippen LogP contribution in [0.1, 0.15) is 15.9 Å². The summed E-state index contributed by atoms with van der Waals surface area (Å²) in [7, 11) is 0. The summed E-state index contributed by atoms with van der Waals surface area (Å²) in [5.74, 6) is -0.119. The number of nitrogens with one attached hydrogen (secondary N) is 2. The first-order chi connectivity index (χ1) is 14.5. The molecule has 7 heteroatoms. The summed E-state index contributed by atoms with van der Waals surface area (Å²) in [6.45, 7) is 0.295. The van der Waals surface area contributed by atoms with E-state index in [0.717, 1.165) is 12.0 Å². The Kier molecular flexibility index (Phi) is 7.88. The van der Waals surface area contributed by atoms with Crippen molar-refractivity contribution in [2.24, 2.45) is 0 Å². The smallest absolute Gasteiger partial charge is 0.262 e. The molecule has 3 aromatic carbocycles. The second-order valence-corrected chi connectivity index (χ2v) is 7.74. The summed E-state index contributed by atoms with van der Waals surface area (Å²) in [6, 6.07) is 21.8. The maximum atomic E-state index is 12.6. The third kappa shape index (κ3) is 6.34. The summed E-state index contributed by atoms with van der Waals surface area (Å²) in [4.78, 5) is 24.9. The van der Waals surface area contributed by atoms with Gasteiger partial charge in [-0.15, -0.1) is 0 Å². The normalized spacial score (nSPS) is 10.3. The van der Waals surface area contributed by atoms with Crippen molar-refractivity contribution >= 4 is 45.0 Å². The highest BCUT2D eigenvalue weighted by Gasteiger charge is 2.13. The topological polar surface area (TPSA) is 67.4 Å². The molecular formula is C23H20BrClN2O3. The first-order valence-corrected chi connectivity index (χ1v) is 10.5. The quantitative estimate of drug-likeness (QED) is 0.465. The van der Waals surface area contributed by atoms with Gasteiger partial charge in [0.25, 0.3) is 11.8 Å². The Balaban J connectivity index is 1.56. The minimum absolute atomic E-state index is 0.204. The summed E-state index contributed by atoms with van der Waals surface area (Å²) in [5.41, 5.74) is 1.97. The van der Waals surface area contributed by atoms with Crippen molar-refractivity contribution in [3.63, 3.8) is 0 Å². The zero-order valence-electron chi connectivity index (χ0n) is 16.0. The Bertz CT molecular complexity index is 1030. The Morgan fingerprint density at radius 2 is 1.70 bits per heavy atom. The van der Waals surface area contributed by atoms with Gasteiger partial charge in [0.05, 0.1) is 15.7 Å². The third-order valence-electron chi connectivity index (χ3n) is 4.24. The van der Waals surface area contributed by atoms with E-state index in [2.05, 4.69) is 26.6 Å². The van der Waals surface area contributed by atoms with Gasteiger partial charge in [0.15, 0.2) is 6.61 Å². The highest BCUT2D eigenvalue weighted by atomic mass is 79.9. The second kappa shape index (κ2) is 10.8. The Labute approximate surface area is 188 Å². The van der Waals surface area contributed by atoms with Gasteiger partial charge in [-0.25, -0.2) is 0 Å². The number of para-hydroxylation sites is 1.